The highest BCUT2D eigenvalue weighted by molar-refractivity contribution is 9.11. The van der Waals surface area contributed by atoms with E-state index in [0.717, 1.165) is 10.0 Å². The Hall–Kier alpha value is -2.03. The van der Waals surface area contributed by atoms with Gasteiger partial charge in [0, 0.05) is 14.0 Å². The highest BCUT2D eigenvalue weighted by atomic mass is 79.9. The van der Waals surface area contributed by atoms with Crippen LogP contribution in [0.1, 0.15) is 11.4 Å². The van der Waals surface area contributed by atoms with Crippen LogP contribution in [0.2, 0.25) is 5.02 Å². The standard InChI is InChI=1S/C18H13Br2ClN4O2/c1-10-23-17-14(6-12(19)7-15(17)20)18(27)25(10)9-16(26)24-22-8-11-2-4-13(21)5-3-11/h2-8H,9H2,1H3,(H,24,26)/b22-8+. The average Bonchev–Trinajstić information content (AvgIpc) is 2.61. The Kier molecular flexibility index (Phi) is 6.08. The van der Waals surface area contributed by atoms with Crippen LogP contribution in [0.25, 0.3) is 10.9 Å². The molecule has 0 aliphatic rings. The van der Waals surface area contributed by atoms with E-state index >= 15 is 0 Å². The molecule has 0 saturated carbocycles. The first kappa shape index (κ1) is 19.7. The van der Waals surface area contributed by atoms with Crippen molar-refractivity contribution in [2.45, 2.75) is 13.5 Å². The number of aryl methyl sites for hydroxylation is 1. The molecule has 2 aromatic carbocycles. The summed E-state index contributed by atoms with van der Waals surface area (Å²) in [6.07, 6.45) is 1.50. The largest absolute Gasteiger partial charge is 0.287 e. The van der Waals surface area contributed by atoms with Gasteiger partial charge >= 0.3 is 0 Å². The monoisotopic (exact) mass is 510 g/mol. The first-order chi connectivity index (χ1) is 12.8. The summed E-state index contributed by atoms with van der Waals surface area (Å²) in [6.45, 7) is 1.50. The number of hydrogen-bond acceptors (Lipinski definition) is 4. The summed E-state index contributed by atoms with van der Waals surface area (Å²) in [5.74, 6) is 0.00739. The van der Waals surface area contributed by atoms with Crippen molar-refractivity contribution < 1.29 is 4.79 Å². The lowest BCUT2D eigenvalue weighted by atomic mass is 10.2. The minimum atomic E-state index is -0.430. The number of amides is 1. The first-order valence-corrected chi connectivity index (χ1v) is 9.75. The minimum absolute atomic E-state index is 0.185. The number of nitrogens with zero attached hydrogens (tertiary/aromatic N) is 3. The van der Waals surface area contributed by atoms with Gasteiger partial charge in [0.2, 0.25) is 0 Å². The van der Waals surface area contributed by atoms with Crippen LogP contribution >= 0.6 is 43.5 Å². The van der Waals surface area contributed by atoms with Gasteiger partial charge in [-0.05, 0) is 52.7 Å². The highest BCUT2D eigenvalue weighted by Crippen LogP contribution is 2.25. The van der Waals surface area contributed by atoms with E-state index in [2.05, 4.69) is 47.4 Å². The van der Waals surface area contributed by atoms with E-state index in [1.165, 1.54) is 10.8 Å². The summed E-state index contributed by atoms with van der Waals surface area (Å²) < 4.78 is 2.76. The number of hydrogen-bond donors (Lipinski definition) is 1. The molecule has 0 atom stereocenters. The maximum atomic E-state index is 12.8. The Balaban J connectivity index is 1.80. The first-order valence-electron chi connectivity index (χ1n) is 7.79. The second kappa shape index (κ2) is 8.33. The normalized spacial score (nSPS) is 11.3. The summed E-state index contributed by atoms with van der Waals surface area (Å²) >= 11 is 12.6. The Morgan fingerprint density at radius 1 is 1.30 bits per heavy atom. The van der Waals surface area contributed by atoms with Crippen LogP contribution in [0.3, 0.4) is 0 Å². The summed E-state index contributed by atoms with van der Waals surface area (Å²) in [7, 11) is 0. The third-order valence-electron chi connectivity index (χ3n) is 3.74. The third kappa shape index (κ3) is 4.63. The molecule has 0 saturated heterocycles. The molecule has 0 unspecified atom stereocenters. The van der Waals surface area contributed by atoms with Crippen LogP contribution in [-0.4, -0.2) is 21.7 Å². The van der Waals surface area contributed by atoms with Crippen LogP contribution in [0.15, 0.2) is 55.2 Å². The van der Waals surface area contributed by atoms with E-state index in [1.807, 2.05) is 6.07 Å². The minimum Gasteiger partial charge on any atom is -0.287 e. The van der Waals surface area contributed by atoms with E-state index in [0.29, 0.717) is 26.2 Å². The molecule has 0 aliphatic heterocycles. The van der Waals surface area contributed by atoms with Crippen molar-refractivity contribution in [2.24, 2.45) is 5.10 Å². The molecule has 27 heavy (non-hydrogen) atoms. The third-order valence-corrected chi connectivity index (χ3v) is 5.06. The number of nitrogens with one attached hydrogen (secondary N) is 1. The molecule has 1 heterocycles. The molecule has 3 aromatic rings. The fourth-order valence-corrected chi connectivity index (χ4v) is 3.89. The lowest BCUT2D eigenvalue weighted by molar-refractivity contribution is -0.121. The zero-order valence-electron chi connectivity index (χ0n) is 14.0. The Morgan fingerprint density at radius 2 is 2.00 bits per heavy atom. The fourth-order valence-electron chi connectivity index (χ4n) is 2.45. The number of carbonyl (C=O) groups excluding carboxylic acids is 1. The summed E-state index contributed by atoms with van der Waals surface area (Å²) in [6, 6.07) is 10.5. The van der Waals surface area contributed by atoms with Crippen LogP contribution in [0.5, 0.6) is 0 Å². The smallest absolute Gasteiger partial charge is 0.261 e. The van der Waals surface area contributed by atoms with Crippen LogP contribution in [0, 0.1) is 6.92 Å². The Morgan fingerprint density at radius 3 is 2.70 bits per heavy atom. The van der Waals surface area contributed by atoms with Crippen molar-refractivity contribution in [1.29, 1.82) is 0 Å². The van der Waals surface area contributed by atoms with Gasteiger partial charge in [-0.15, -0.1) is 0 Å². The van der Waals surface area contributed by atoms with Crippen molar-refractivity contribution >= 4 is 66.5 Å². The Labute approximate surface area is 176 Å². The summed E-state index contributed by atoms with van der Waals surface area (Å²) in [5.41, 5.74) is 3.46. The zero-order chi connectivity index (χ0) is 19.6. The number of fused-ring (bicyclic) bond motifs is 1. The van der Waals surface area contributed by atoms with Crippen molar-refractivity contribution in [1.82, 2.24) is 15.0 Å². The summed E-state index contributed by atoms with van der Waals surface area (Å²) in [4.78, 5) is 29.4. The van der Waals surface area contributed by atoms with Gasteiger partial charge in [-0.3, -0.25) is 14.2 Å². The zero-order valence-corrected chi connectivity index (χ0v) is 18.0. The fraction of sp³-hybridized carbons (Fsp3) is 0.111. The molecule has 0 fully saturated rings. The molecular weight excluding hydrogens is 499 g/mol. The van der Waals surface area contributed by atoms with E-state index in [9.17, 15) is 9.59 Å². The van der Waals surface area contributed by atoms with E-state index in [-0.39, 0.29) is 12.1 Å². The van der Waals surface area contributed by atoms with E-state index in [1.54, 1.807) is 37.3 Å². The molecule has 1 aromatic heterocycles. The second-order valence-corrected chi connectivity index (χ2v) is 7.89. The maximum Gasteiger partial charge on any atom is 0.261 e. The number of rotatable bonds is 4. The molecule has 9 heteroatoms. The number of hydrazone groups is 1. The van der Waals surface area contributed by atoms with Crippen molar-refractivity contribution in [3.63, 3.8) is 0 Å². The quantitative estimate of drug-likeness (QED) is 0.424. The van der Waals surface area contributed by atoms with E-state index in [4.69, 9.17) is 11.6 Å². The number of carbonyl (C=O) groups is 1. The van der Waals surface area contributed by atoms with Crippen molar-refractivity contribution in [3.05, 3.63) is 72.1 Å². The maximum absolute atomic E-state index is 12.8. The van der Waals surface area contributed by atoms with Gasteiger partial charge in [0.05, 0.1) is 17.1 Å². The van der Waals surface area contributed by atoms with Crippen molar-refractivity contribution in [2.75, 3.05) is 0 Å². The van der Waals surface area contributed by atoms with Gasteiger partial charge in [0.1, 0.15) is 12.4 Å². The van der Waals surface area contributed by atoms with Gasteiger partial charge in [-0.25, -0.2) is 10.4 Å². The highest BCUT2D eigenvalue weighted by Gasteiger charge is 2.13. The van der Waals surface area contributed by atoms with Gasteiger partial charge < -0.3 is 0 Å². The molecule has 3 rings (SSSR count). The van der Waals surface area contributed by atoms with Crippen LogP contribution in [0.4, 0.5) is 0 Å². The molecule has 0 aliphatic carbocycles. The number of benzene rings is 2. The van der Waals surface area contributed by atoms with Gasteiger partial charge in [-0.2, -0.15) is 5.10 Å². The van der Waals surface area contributed by atoms with Crippen molar-refractivity contribution in [3.8, 4) is 0 Å². The molecule has 1 amide bonds. The number of halogens is 3. The van der Waals surface area contributed by atoms with Crippen LogP contribution < -0.4 is 11.0 Å². The molecule has 0 bridgehead atoms. The van der Waals surface area contributed by atoms with E-state index < -0.39 is 5.91 Å². The second-order valence-electron chi connectivity index (χ2n) is 5.68. The van der Waals surface area contributed by atoms with Gasteiger partial charge in [0.25, 0.3) is 11.5 Å². The Bertz CT molecular complexity index is 1110. The predicted molar refractivity (Wildman–Crippen MR) is 113 cm³/mol. The topological polar surface area (TPSA) is 76.3 Å². The molecule has 0 radical (unpaired) electrons. The van der Waals surface area contributed by atoms with Gasteiger partial charge in [0.15, 0.2) is 0 Å². The molecule has 1 N–H and O–H groups in total. The lowest BCUT2D eigenvalue weighted by Crippen LogP contribution is -2.32. The molecule has 0 spiro atoms. The SMILES string of the molecule is Cc1nc2c(Br)cc(Br)cc2c(=O)n1CC(=O)N/N=C/c1ccc(Cl)cc1. The summed E-state index contributed by atoms with van der Waals surface area (Å²) in [5, 5.41) is 4.93. The molecule has 6 nitrogen and oxygen atoms in total. The molecular formula is C18H13Br2ClN4O2. The van der Waals surface area contributed by atoms with Crippen LogP contribution in [-0.2, 0) is 11.3 Å². The van der Waals surface area contributed by atoms with Gasteiger partial charge in [-0.1, -0.05) is 39.7 Å². The average molecular weight is 513 g/mol. The number of aromatic nitrogens is 2. The lowest BCUT2D eigenvalue weighted by Gasteiger charge is -2.11. The molecule has 138 valence electrons. The predicted octanol–water partition coefficient (Wildman–Crippen LogP) is 4.03.